The van der Waals surface area contributed by atoms with Crippen molar-refractivity contribution in [2.24, 2.45) is 11.3 Å². The minimum atomic E-state index is -0.0880. The molecule has 1 spiro atoms. The number of aromatic nitrogens is 1. The summed E-state index contributed by atoms with van der Waals surface area (Å²) < 4.78 is 0. The first-order valence-electron chi connectivity index (χ1n) is 11.4. The average Bonchev–Trinajstić information content (AvgIpc) is 3.13. The molecule has 2 amide bonds. The number of hydrogen-bond acceptors (Lipinski definition) is 4. The van der Waals surface area contributed by atoms with Crippen molar-refractivity contribution >= 4 is 11.8 Å². The summed E-state index contributed by atoms with van der Waals surface area (Å²) in [5.41, 5.74) is 0.619. The molecule has 6 heteroatoms. The second-order valence-corrected chi connectivity index (χ2v) is 9.09. The fourth-order valence-electron chi connectivity index (χ4n) is 5.57. The maximum atomic E-state index is 13.2. The monoisotopic (exact) mass is 398 g/mol. The zero-order valence-corrected chi connectivity index (χ0v) is 17.4. The molecule has 0 aromatic carbocycles. The molecule has 3 fully saturated rings. The molecule has 29 heavy (non-hydrogen) atoms. The van der Waals surface area contributed by atoms with Crippen molar-refractivity contribution in [1.29, 1.82) is 0 Å². The van der Waals surface area contributed by atoms with Gasteiger partial charge in [0, 0.05) is 49.6 Å². The van der Waals surface area contributed by atoms with Crippen LogP contribution in [0.15, 0.2) is 24.5 Å². The molecule has 3 aliphatic rings. The minimum Gasteiger partial charge on any atom is -0.354 e. The van der Waals surface area contributed by atoms with E-state index in [0.29, 0.717) is 25.2 Å². The molecule has 3 heterocycles. The average molecular weight is 399 g/mol. The summed E-state index contributed by atoms with van der Waals surface area (Å²) in [5.74, 6) is 0.0878. The van der Waals surface area contributed by atoms with Crippen molar-refractivity contribution in [1.82, 2.24) is 20.1 Å². The normalized spacial score (nSPS) is 24.6. The zero-order valence-electron chi connectivity index (χ0n) is 17.4. The van der Waals surface area contributed by atoms with Gasteiger partial charge in [-0.3, -0.25) is 14.6 Å². The molecule has 0 bridgehead atoms. The second-order valence-electron chi connectivity index (χ2n) is 9.09. The third-order valence-electron chi connectivity index (χ3n) is 7.20. The Hall–Kier alpha value is -1.95. The topological polar surface area (TPSA) is 65.5 Å². The minimum absolute atomic E-state index is 0.0287. The fourth-order valence-corrected chi connectivity index (χ4v) is 5.57. The van der Waals surface area contributed by atoms with Gasteiger partial charge in [-0.25, -0.2) is 0 Å². The van der Waals surface area contributed by atoms with Crippen LogP contribution in [0.25, 0.3) is 0 Å². The molecule has 1 aromatic rings. The Morgan fingerprint density at radius 3 is 2.45 bits per heavy atom. The Labute approximate surface area is 174 Å². The maximum Gasteiger partial charge on any atom is 0.254 e. The molecule has 1 atom stereocenters. The van der Waals surface area contributed by atoms with Gasteiger partial charge in [-0.1, -0.05) is 25.7 Å². The molecule has 1 unspecified atom stereocenters. The first-order chi connectivity index (χ1) is 14.2. The molecule has 1 saturated carbocycles. The van der Waals surface area contributed by atoms with Gasteiger partial charge in [-0.15, -0.1) is 0 Å². The number of hydrogen-bond donors (Lipinski definition) is 1. The lowest BCUT2D eigenvalue weighted by atomic mass is 9.67. The third kappa shape index (κ3) is 4.63. The highest BCUT2D eigenvalue weighted by Gasteiger charge is 2.51. The summed E-state index contributed by atoms with van der Waals surface area (Å²) in [6, 6.07) is 3.53. The highest BCUT2D eigenvalue weighted by Crippen LogP contribution is 2.47. The van der Waals surface area contributed by atoms with E-state index in [0.717, 1.165) is 45.3 Å². The van der Waals surface area contributed by atoms with E-state index in [1.54, 1.807) is 24.5 Å². The Balaban J connectivity index is 1.40. The molecule has 1 aliphatic carbocycles. The summed E-state index contributed by atoms with van der Waals surface area (Å²) >= 11 is 0. The third-order valence-corrected chi connectivity index (χ3v) is 7.20. The molecular formula is C23H34N4O2. The fraction of sp³-hybridized carbons (Fsp3) is 0.696. The first-order valence-corrected chi connectivity index (χ1v) is 11.4. The predicted molar refractivity (Wildman–Crippen MR) is 112 cm³/mol. The lowest BCUT2D eigenvalue weighted by Crippen LogP contribution is -2.45. The van der Waals surface area contributed by atoms with Crippen LogP contribution in [0.4, 0.5) is 0 Å². The smallest absolute Gasteiger partial charge is 0.254 e. The number of pyridine rings is 1. The van der Waals surface area contributed by atoms with Gasteiger partial charge in [0.1, 0.15) is 0 Å². The van der Waals surface area contributed by atoms with Crippen LogP contribution in [0, 0.1) is 11.3 Å². The highest BCUT2D eigenvalue weighted by molar-refractivity contribution is 5.95. The highest BCUT2D eigenvalue weighted by atomic mass is 16.2. The van der Waals surface area contributed by atoms with Crippen molar-refractivity contribution in [2.75, 3.05) is 39.3 Å². The van der Waals surface area contributed by atoms with Gasteiger partial charge in [-0.05, 0) is 50.9 Å². The van der Waals surface area contributed by atoms with Gasteiger partial charge in [0.2, 0.25) is 5.91 Å². The van der Waals surface area contributed by atoms with Gasteiger partial charge < -0.3 is 15.1 Å². The summed E-state index contributed by atoms with van der Waals surface area (Å²) in [6.07, 6.45) is 12.9. The number of amides is 2. The van der Waals surface area contributed by atoms with Crippen molar-refractivity contribution in [2.45, 2.75) is 51.4 Å². The molecule has 1 N–H and O–H groups in total. The Kier molecular flexibility index (Phi) is 6.48. The SMILES string of the molecule is O=C(NCCN1CCCCC1)C1CN(C(=O)c2ccncc2)CC12CCCCC2. The van der Waals surface area contributed by atoms with E-state index in [1.807, 2.05) is 4.90 Å². The van der Waals surface area contributed by atoms with Crippen LogP contribution >= 0.6 is 0 Å². The Morgan fingerprint density at radius 1 is 1.03 bits per heavy atom. The summed E-state index contributed by atoms with van der Waals surface area (Å²) in [5, 5.41) is 3.21. The number of nitrogens with zero attached hydrogens (tertiary/aromatic N) is 3. The number of carbonyl (C=O) groups excluding carboxylic acids is 2. The van der Waals surface area contributed by atoms with E-state index < -0.39 is 0 Å². The Morgan fingerprint density at radius 2 is 1.72 bits per heavy atom. The van der Waals surface area contributed by atoms with Crippen molar-refractivity contribution in [3.8, 4) is 0 Å². The number of piperidine rings is 1. The van der Waals surface area contributed by atoms with Crippen LogP contribution in [-0.4, -0.2) is 65.9 Å². The van der Waals surface area contributed by atoms with Crippen LogP contribution < -0.4 is 5.32 Å². The van der Waals surface area contributed by atoms with Crippen molar-refractivity contribution in [3.63, 3.8) is 0 Å². The van der Waals surface area contributed by atoms with Gasteiger partial charge in [0.25, 0.3) is 5.91 Å². The van der Waals surface area contributed by atoms with Crippen molar-refractivity contribution < 1.29 is 9.59 Å². The lowest BCUT2D eigenvalue weighted by Gasteiger charge is -2.37. The maximum absolute atomic E-state index is 13.2. The largest absolute Gasteiger partial charge is 0.354 e. The first kappa shape index (κ1) is 20.3. The number of rotatable bonds is 5. The molecule has 0 radical (unpaired) electrons. The van der Waals surface area contributed by atoms with Crippen LogP contribution in [0.5, 0.6) is 0 Å². The summed E-state index contributed by atoms with van der Waals surface area (Å²) in [6.45, 7) is 5.19. The van der Waals surface area contributed by atoms with Crippen LogP contribution in [-0.2, 0) is 4.79 Å². The van der Waals surface area contributed by atoms with Gasteiger partial charge >= 0.3 is 0 Å². The molecule has 6 nitrogen and oxygen atoms in total. The lowest BCUT2D eigenvalue weighted by molar-refractivity contribution is -0.128. The number of likely N-dealkylation sites (tertiary alicyclic amines) is 2. The number of carbonyl (C=O) groups is 2. The molecular weight excluding hydrogens is 364 g/mol. The van der Waals surface area contributed by atoms with E-state index in [9.17, 15) is 9.59 Å². The van der Waals surface area contributed by atoms with E-state index >= 15 is 0 Å². The van der Waals surface area contributed by atoms with E-state index in [-0.39, 0.29) is 23.1 Å². The van der Waals surface area contributed by atoms with Crippen LogP contribution in [0.2, 0.25) is 0 Å². The van der Waals surface area contributed by atoms with Crippen LogP contribution in [0.1, 0.15) is 61.7 Å². The molecule has 158 valence electrons. The molecule has 4 rings (SSSR count). The molecule has 1 aromatic heterocycles. The summed E-state index contributed by atoms with van der Waals surface area (Å²) in [7, 11) is 0. The van der Waals surface area contributed by atoms with Gasteiger partial charge in [0.15, 0.2) is 0 Å². The zero-order chi connectivity index (χ0) is 20.1. The summed E-state index contributed by atoms with van der Waals surface area (Å²) in [4.78, 5) is 34.6. The Bertz CT molecular complexity index is 696. The van der Waals surface area contributed by atoms with E-state index in [4.69, 9.17) is 0 Å². The second kappa shape index (κ2) is 9.24. The van der Waals surface area contributed by atoms with E-state index in [2.05, 4.69) is 15.2 Å². The van der Waals surface area contributed by atoms with Gasteiger partial charge in [0.05, 0.1) is 5.92 Å². The van der Waals surface area contributed by atoms with Crippen LogP contribution in [0.3, 0.4) is 0 Å². The van der Waals surface area contributed by atoms with E-state index in [1.165, 1.54) is 25.7 Å². The van der Waals surface area contributed by atoms with Crippen molar-refractivity contribution in [3.05, 3.63) is 30.1 Å². The standard InChI is InChI=1S/C23H34N4O2/c28-21(25-13-16-26-14-5-2-6-15-26)20-17-27(18-23(20)9-3-1-4-10-23)22(29)19-7-11-24-12-8-19/h7-8,11-12,20H,1-6,9-10,13-18H2,(H,25,28). The van der Waals surface area contributed by atoms with Gasteiger partial charge in [-0.2, -0.15) is 0 Å². The molecule has 2 aliphatic heterocycles. The molecule has 2 saturated heterocycles. The predicted octanol–water partition coefficient (Wildman–Crippen LogP) is 2.71. The quantitative estimate of drug-likeness (QED) is 0.828. The number of nitrogens with one attached hydrogen (secondary N) is 1.